The summed E-state index contributed by atoms with van der Waals surface area (Å²) in [6, 6.07) is 15.1. The highest BCUT2D eigenvalue weighted by Crippen LogP contribution is 2.26. The van der Waals surface area contributed by atoms with E-state index in [0.29, 0.717) is 42.3 Å². The summed E-state index contributed by atoms with van der Waals surface area (Å²) < 4.78 is 31.6. The summed E-state index contributed by atoms with van der Waals surface area (Å²) in [5.41, 5.74) is 3.11. The Bertz CT molecular complexity index is 1450. The molecule has 9 heteroatoms. The number of rotatable bonds is 9. The van der Waals surface area contributed by atoms with Crippen LogP contribution in [0.3, 0.4) is 0 Å². The number of ether oxygens (including phenoxy) is 2. The lowest BCUT2D eigenvalue weighted by molar-refractivity contribution is 0.0732. The van der Waals surface area contributed by atoms with Crippen LogP contribution in [0.2, 0.25) is 0 Å². The first-order valence-electron chi connectivity index (χ1n) is 11.3. The lowest BCUT2D eigenvalue weighted by Gasteiger charge is -2.22. The predicted molar refractivity (Wildman–Crippen MR) is 135 cm³/mol. The van der Waals surface area contributed by atoms with Gasteiger partial charge in [-0.1, -0.05) is 0 Å². The molecule has 0 radical (unpaired) electrons. The van der Waals surface area contributed by atoms with Gasteiger partial charge in [-0.15, -0.1) is 11.3 Å². The molecule has 3 aromatic heterocycles. The van der Waals surface area contributed by atoms with Crippen LogP contribution in [0, 0.1) is 5.82 Å². The van der Waals surface area contributed by atoms with Crippen LogP contribution in [-0.4, -0.2) is 41.0 Å². The fraction of sp³-hybridized carbons (Fsp3) is 0.185. The minimum absolute atomic E-state index is 0.160. The number of nitrogens with zero attached hydrogens (tertiary/aromatic N) is 3. The monoisotopic (exact) mass is 505 g/mol. The number of thiazole rings is 1. The number of hydrogen-bond donors (Lipinski definition) is 0. The van der Waals surface area contributed by atoms with Crippen molar-refractivity contribution in [1.82, 2.24) is 14.3 Å². The smallest absolute Gasteiger partial charge is 0.254 e. The van der Waals surface area contributed by atoms with Crippen LogP contribution in [0.4, 0.5) is 4.39 Å². The average molecular weight is 506 g/mol. The summed E-state index contributed by atoms with van der Waals surface area (Å²) in [7, 11) is 3.10. The highest BCUT2D eigenvalue weighted by Gasteiger charge is 2.20. The van der Waals surface area contributed by atoms with E-state index in [2.05, 4.69) is 4.98 Å². The molecule has 0 fully saturated rings. The third-order valence-corrected chi connectivity index (χ3v) is 6.76. The maximum absolute atomic E-state index is 13.6. The zero-order chi connectivity index (χ0) is 25.1. The van der Waals surface area contributed by atoms with Gasteiger partial charge in [-0.3, -0.25) is 9.20 Å². The predicted octanol–water partition coefficient (Wildman–Crippen LogP) is 5.70. The van der Waals surface area contributed by atoms with Crippen LogP contribution in [0.5, 0.6) is 11.5 Å². The van der Waals surface area contributed by atoms with Gasteiger partial charge in [0, 0.05) is 47.4 Å². The van der Waals surface area contributed by atoms with Crippen molar-refractivity contribution in [3.63, 3.8) is 0 Å². The lowest BCUT2D eigenvalue weighted by Crippen LogP contribution is -2.32. The van der Waals surface area contributed by atoms with Gasteiger partial charge in [0.2, 0.25) is 0 Å². The Morgan fingerprint density at radius 3 is 2.53 bits per heavy atom. The maximum Gasteiger partial charge on any atom is 0.254 e. The number of fused-ring (bicyclic) bond motifs is 1. The van der Waals surface area contributed by atoms with E-state index in [9.17, 15) is 9.18 Å². The van der Waals surface area contributed by atoms with Crippen molar-refractivity contribution < 1.29 is 23.1 Å². The van der Waals surface area contributed by atoms with Crippen molar-refractivity contribution in [2.45, 2.75) is 13.0 Å². The van der Waals surface area contributed by atoms with Crippen LogP contribution < -0.4 is 9.47 Å². The van der Waals surface area contributed by atoms with Gasteiger partial charge >= 0.3 is 0 Å². The van der Waals surface area contributed by atoms with Gasteiger partial charge in [-0.25, -0.2) is 9.37 Å². The molecule has 0 aliphatic rings. The number of amides is 1. The van der Waals surface area contributed by atoms with E-state index < -0.39 is 0 Å². The Labute approximate surface area is 211 Å². The molecule has 0 bridgehead atoms. The molecule has 36 heavy (non-hydrogen) atoms. The summed E-state index contributed by atoms with van der Waals surface area (Å²) in [6.45, 7) is 0.776. The summed E-state index contributed by atoms with van der Waals surface area (Å²) in [5.74, 6) is 1.34. The number of furan rings is 1. The molecule has 0 N–H and O–H groups in total. The fourth-order valence-electron chi connectivity index (χ4n) is 3.97. The van der Waals surface area contributed by atoms with Gasteiger partial charge in [-0.05, 0) is 48.5 Å². The Balaban J connectivity index is 1.40. The first kappa shape index (κ1) is 23.6. The molecule has 184 valence electrons. The summed E-state index contributed by atoms with van der Waals surface area (Å²) in [5, 5.41) is 2.04. The molecule has 0 saturated heterocycles. The second kappa shape index (κ2) is 10.2. The number of methoxy groups -OCH3 is 2. The number of benzene rings is 2. The maximum atomic E-state index is 13.6. The molecule has 5 aromatic rings. The minimum Gasteiger partial charge on any atom is -0.497 e. The van der Waals surface area contributed by atoms with E-state index in [4.69, 9.17) is 13.9 Å². The zero-order valence-electron chi connectivity index (χ0n) is 19.8. The normalized spacial score (nSPS) is 11.1. The third-order valence-electron chi connectivity index (χ3n) is 5.87. The molecular formula is C27H24FN3O4S. The molecule has 0 spiro atoms. The number of halogens is 1. The first-order chi connectivity index (χ1) is 17.5. The molecule has 0 atom stereocenters. The molecule has 0 saturated carbocycles. The van der Waals surface area contributed by atoms with Crippen molar-refractivity contribution in [3.8, 4) is 22.8 Å². The van der Waals surface area contributed by atoms with Crippen LogP contribution in [0.1, 0.15) is 21.8 Å². The highest BCUT2D eigenvalue weighted by atomic mass is 32.1. The molecular weight excluding hydrogens is 481 g/mol. The van der Waals surface area contributed by atoms with Gasteiger partial charge in [-0.2, -0.15) is 0 Å². The van der Waals surface area contributed by atoms with Gasteiger partial charge < -0.3 is 18.8 Å². The molecule has 2 aromatic carbocycles. The molecule has 3 heterocycles. The second-order valence-electron chi connectivity index (χ2n) is 8.17. The SMILES string of the molecule is COc1cc(OC)cc(C(=O)N(CCc2csc3nc(-c4ccc(F)cc4)cn23)Cc2ccco2)c1. The molecule has 1 amide bonds. The van der Waals surface area contributed by atoms with E-state index in [1.807, 2.05) is 22.0 Å². The quantitative estimate of drug-likeness (QED) is 0.257. The van der Waals surface area contributed by atoms with Crippen molar-refractivity contribution in [2.75, 3.05) is 20.8 Å². The summed E-state index contributed by atoms with van der Waals surface area (Å²) >= 11 is 1.53. The van der Waals surface area contributed by atoms with Gasteiger partial charge in [0.15, 0.2) is 4.96 Å². The van der Waals surface area contributed by atoms with Crippen molar-refractivity contribution >= 4 is 22.2 Å². The number of carbonyl (C=O) groups excluding carboxylic acids is 1. The number of carbonyl (C=O) groups is 1. The number of hydrogen-bond acceptors (Lipinski definition) is 6. The fourth-order valence-corrected chi connectivity index (χ4v) is 4.88. The zero-order valence-corrected chi connectivity index (χ0v) is 20.6. The van der Waals surface area contributed by atoms with Gasteiger partial charge in [0.1, 0.15) is 23.1 Å². The van der Waals surface area contributed by atoms with Crippen molar-refractivity contribution in [1.29, 1.82) is 0 Å². The minimum atomic E-state index is -0.282. The van der Waals surface area contributed by atoms with Crippen molar-refractivity contribution in [3.05, 3.63) is 95.3 Å². The van der Waals surface area contributed by atoms with Crippen LogP contribution in [0.25, 0.3) is 16.2 Å². The van der Waals surface area contributed by atoms with E-state index in [1.54, 1.807) is 61.8 Å². The van der Waals surface area contributed by atoms with Gasteiger partial charge in [0.05, 0.1) is 32.7 Å². The molecule has 5 rings (SSSR count). The topological polar surface area (TPSA) is 69.2 Å². The standard InChI is InChI=1S/C27H24FN3O4S/c1-33-23-12-19(13-24(14-23)34-2)26(32)30(15-22-4-3-11-35-22)10-9-21-17-36-27-29-25(16-31(21)27)18-5-7-20(28)8-6-18/h3-8,11-14,16-17H,9-10,15H2,1-2H3. The third kappa shape index (κ3) is 4.96. The van der Waals surface area contributed by atoms with Crippen LogP contribution >= 0.6 is 11.3 Å². The van der Waals surface area contributed by atoms with E-state index >= 15 is 0 Å². The molecule has 7 nitrogen and oxygen atoms in total. The Morgan fingerprint density at radius 2 is 1.86 bits per heavy atom. The Morgan fingerprint density at radius 1 is 1.11 bits per heavy atom. The van der Waals surface area contributed by atoms with E-state index in [-0.39, 0.29) is 11.7 Å². The second-order valence-corrected chi connectivity index (χ2v) is 9.01. The average Bonchev–Trinajstić information content (AvgIpc) is 3.65. The van der Waals surface area contributed by atoms with E-state index in [1.165, 1.54) is 23.5 Å². The van der Waals surface area contributed by atoms with E-state index in [0.717, 1.165) is 21.9 Å². The summed E-state index contributed by atoms with van der Waals surface area (Å²) in [4.78, 5) is 20.8. The Hall–Kier alpha value is -4.11. The number of aromatic nitrogens is 2. The Kier molecular flexibility index (Phi) is 6.73. The van der Waals surface area contributed by atoms with Crippen LogP contribution in [0.15, 0.2) is 76.9 Å². The van der Waals surface area contributed by atoms with Crippen molar-refractivity contribution in [2.24, 2.45) is 0 Å². The molecule has 0 aliphatic heterocycles. The van der Waals surface area contributed by atoms with Crippen LogP contribution in [-0.2, 0) is 13.0 Å². The first-order valence-corrected chi connectivity index (χ1v) is 12.2. The lowest BCUT2D eigenvalue weighted by atomic mass is 10.1. The molecule has 0 unspecified atom stereocenters. The largest absolute Gasteiger partial charge is 0.497 e. The summed E-state index contributed by atoms with van der Waals surface area (Å²) in [6.07, 6.45) is 4.14. The van der Waals surface area contributed by atoms with Gasteiger partial charge in [0.25, 0.3) is 5.91 Å². The highest BCUT2D eigenvalue weighted by molar-refractivity contribution is 7.15. The molecule has 0 aliphatic carbocycles. The number of imidazole rings is 1.